The van der Waals surface area contributed by atoms with Gasteiger partial charge in [-0.25, -0.2) is 4.98 Å². The van der Waals surface area contributed by atoms with Crippen LogP contribution in [-0.4, -0.2) is 9.55 Å². The molecule has 0 saturated heterocycles. The number of anilines is 1. The van der Waals surface area contributed by atoms with Crippen molar-refractivity contribution in [2.75, 3.05) is 5.73 Å². The number of nitrogen functional groups attached to an aromatic ring is 1. The molecule has 17 heavy (non-hydrogen) atoms. The molecule has 1 aromatic heterocycles. The lowest BCUT2D eigenvalue weighted by molar-refractivity contribution is 0.734. The summed E-state index contributed by atoms with van der Waals surface area (Å²) >= 11 is 0. The third kappa shape index (κ3) is 2.33. The van der Waals surface area contributed by atoms with Gasteiger partial charge in [0, 0.05) is 18.8 Å². The molecule has 2 rings (SSSR count). The molecule has 2 N–H and O–H groups in total. The van der Waals surface area contributed by atoms with Gasteiger partial charge in [-0.1, -0.05) is 38.1 Å². The Morgan fingerprint density at radius 1 is 1.29 bits per heavy atom. The van der Waals surface area contributed by atoms with E-state index in [1.54, 1.807) is 0 Å². The first-order valence-corrected chi connectivity index (χ1v) is 6.01. The number of aryl methyl sites for hydroxylation is 1. The van der Waals surface area contributed by atoms with E-state index in [0.717, 1.165) is 17.7 Å². The van der Waals surface area contributed by atoms with Crippen molar-refractivity contribution in [1.82, 2.24) is 9.55 Å². The first-order valence-electron chi connectivity index (χ1n) is 6.01. The molecule has 0 fully saturated rings. The molecule has 90 valence electrons. The average Bonchev–Trinajstić information content (AvgIpc) is 2.69. The molecule has 0 saturated carbocycles. The minimum Gasteiger partial charge on any atom is -0.369 e. The molecule has 0 amide bonds. The normalized spacial score (nSPS) is 12.6. The highest BCUT2D eigenvalue weighted by Gasteiger charge is 2.06. The van der Waals surface area contributed by atoms with Crippen LogP contribution in [0.15, 0.2) is 30.5 Å². The van der Waals surface area contributed by atoms with Crippen LogP contribution < -0.4 is 5.73 Å². The summed E-state index contributed by atoms with van der Waals surface area (Å²) in [7, 11) is 1.90. The van der Waals surface area contributed by atoms with E-state index in [0.29, 0.717) is 11.9 Å². The number of nitrogens with two attached hydrogens (primary N) is 1. The van der Waals surface area contributed by atoms with Gasteiger partial charge in [0.25, 0.3) is 0 Å². The first kappa shape index (κ1) is 11.7. The molecule has 0 aliphatic heterocycles. The minimum atomic E-state index is 0.547. The molecule has 1 aromatic carbocycles. The fraction of sp³-hybridized carbons (Fsp3) is 0.357. The fourth-order valence-electron chi connectivity index (χ4n) is 1.84. The summed E-state index contributed by atoms with van der Waals surface area (Å²) in [6, 6.07) is 8.58. The van der Waals surface area contributed by atoms with Crippen molar-refractivity contribution < 1.29 is 0 Å². The second kappa shape index (κ2) is 4.62. The Morgan fingerprint density at radius 3 is 2.41 bits per heavy atom. The van der Waals surface area contributed by atoms with E-state index in [9.17, 15) is 0 Å². The third-order valence-corrected chi connectivity index (χ3v) is 3.30. The number of hydrogen-bond acceptors (Lipinski definition) is 2. The molecule has 0 aliphatic rings. The average molecular weight is 229 g/mol. The Labute approximate surface area is 102 Å². The van der Waals surface area contributed by atoms with Crippen LogP contribution >= 0.6 is 0 Å². The summed E-state index contributed by atoms with van der Waals surface area (Å²) in [6.07, 6.45) is 3.11. The van der Waals surface area contributed by atoms with Gasteiger partial charge in [0.05, 0.1) is 5.69 Å². The Hall–Kier alpha value is -1.77. The van der Waals surface area contributed by atoms with Gasteiger partial charge in [0.15, 0.2) is 5.95 Å². The third-order valence-electron chi connectivity index (χ3n) is 3.30. The van der Waals surface area contributed by atoms with E-state index in [2.05, 4.69) is 43.1 Å². The van der Waals surface area contributed by atoms with Crippen molar-refractivity contribution in [2.24, 2.45) is 7.05 Å². The van der Waals surface area contributed by atoms with Gasteiger partial charge in [-0.05, 0) is 17.9 Å². The van der Waals surface area contributed by atoms with Crippen molar-refractivity contribution in [3.05, 3.63) is 36.0 Å². The van der Waals surface area contributed by atoms with Gasteiger partial charge in [0.2, 0.25) is 0 Å². The summed E-state index contributed by atoms with van der Waals surface area (Å²) in [6.45, 7) is 4.45. The quantitative estimate of drug-likeness (QED) is 0.878. The van der Waals surface area contributed by atoms with E-state index in [1.165, 1.54) is 5.56 Å². The van der Waals surface area contributed by atoms with Crippen LogP contribution in [0.4, 0.5) is 5.95 Å². The molecular weight excluding hydrogens is 210 g/mol. The van der Waals surface area contributed by atoms with Crippen molar-refractivity contribution >= 4 is 5.95 Å². The maximum Gasteiger partial charge on any atom is 0.200 e. The highest BCUT2D eigenvalue weighted by molar-refractivity contribution is 5.60. The van der Waals surface area contributed by atoms with E-state index >= 15 is 0 Å². The molecular formula is C14H19N3. The second-order valence-electron chi connectivity index (χ2n) is 4.53. The summed E-state index contributed by atoms with van der Waals surface area (Å²) in [5.41, 5.74) is 9.15. The number of hydrogen-bond donors (Lipinski definition) is 1. The number of aromatic nitrogens is 2. The lowest BCUT2D eigenvalue weighted by Crippen LogP contribution is -1.94. The maximum absolute atomic E-state index is 5.73. The van der Waals surface area contributed by atoms with Crippen molar-refractivity contribution in [2.45, 2.75) is 26.2 Å². The highest BCUT2D eigenvalue weighted by Crippen LogP contribution is 2.23. The van der Waals surface area contributed by atoms with Crippen LogP contribution in [0.25, 0.3) is 11.3 Å². The van der Waals surface area contributed by atoms with Gasteiger partial charge in [-0.15, -0.1) is 0 Å². The molecule has 3 heteroatoms. The molecule has 1 atom stereocenters. The van der Waals surface area contributed by atoms with Crippen molar-refractivity contribution in [3.63, 3.8) is 0 Å². The van der Waals surface area contributed by atoms with Crippen LogP contribution in [0.2, 0.25) is 0 Å². The number of benzene rings is 1. The number of nitrogens with zero attached hydrogens (tertiary/aromatic N) is 2. The molecule has 2 aromatic rings. The Balaban J connectivity index is 2.29. The van der Waals surface area contributed by atoms with Gasteiger partial charge in [-0.2, -0.15) is 0 Å². The smallest absolute Gasteiger partial charge is 0.200 e. The highest BCUT2D eigenvalue weighted by atomic mass is 15.1. The second-order valence-corrected chi connectivity index (χ2v) is 4.53. The predicted octanol–water partition coefficient (Wildman–Crippen LogP) is 3.18. The molecule has 0 aliphatic carbocycles. The van der Waals surface area contributed by atoms with Crippen LogP contribution in [-0.2, 0) is 7.05 Å². The van der Waals surface area contributed by atoms with Crippen molar-refractivity contribution in [3.8, 4) is 11.3 Å². The van der Waals surface area contributed by atoms with Gasteiger partial charge >= 0.3 is 0 Å². The molecule has 0 radical (unpaired) electrons. The standard InChI is InChI=1S/C14H19N3/c1-4-10(2)11-5-7-12(8-6-11)13-9-17(3)14(15)16-13/h5-10H,4H2,1-3H3,(H2,15,16). The maximum atomic E-state index is 5.73. The summed E-state index contributed by atoms with van der Waals surface area (Å²) in [4.78, 5) is 4.32. The first-order chi connectivity index (χ1) is 8.11. The van der Waals surface area contributed by atoms with Crippen LogP contribution in [0.3, 0.4) is 0 Å². The molecule has 0 bridgehead atoms. The monoisotopic (exact) mass is 229 g/mol. The topological polar surface area (TPSA) is 43.8 Å². The Bertz CT molecular complexity index is 477. The fourth-order valence-corrected chi connectivity index (χ4v) is 1.84. The zero-order valence-electron chi connectivity index (χ0n) is 10.6. The Morgan fingerprint density at radius 2 is 1.94 bits per heavy atom. The van der Waals surface area contributed by atoms with Gasteiger partial charge in [-0.3, -0.25) is 0 Å². The van der Waals surface area contributed by atoms with Crippen LogP contribution in [0.5, 0.6) is 0 Å². The van der Waals surface area contributed by atoms with Gasteiger partial charge in [0.1, 0.15) is 0 Å². The van der Waals surface area contributed by atoms with Crippen LogP contribution in [0.1, 0.15) is 31.7 Å². The lowest BCUT2D eigenvalue weighted by atomic mass is 9.97. The summed E-state index contributed by atoms with van der Waals surface area (Å²) in [5.74, 6) is 1.16. The van der Waals surface area contributed by atoms with Gasteiger partial charge < -0.3 is 10.3 Å². The van der Waals surface area contributed by atoms with E-state index < -0.39 is 0 Å². The van der Waals surface area contributed by atoms with E-state index in [-0.39, 0.29) is 0 Å². The Kier molecular flexibility index (Phi) is 3.18. The molecule has 0 spiro atoms. The summed E-state index contributed by atoms with van der Waals surface area (Å²) < 4.78 is 1.83. The van der Waals surface area contributed by atoms with E-state index in [1.807, 2.05) is 17.8 Å². The van der Waals surface area contributed by atoms with E-state index in [4.69, 9.17) is 5.73 Å². The number of rotatable bonds is 3. The number of imidazole rings is 1. The largest absolute Gasteiger partial charge is 0.369 e. The SMILES string of the molecule is CCC(C)c1ccc(-c2cn(C)c(N)n2)cc1. The molecule has 3 nitrogen and oxygen atoms in total. The zero-order chi connectivity index (χ0) is 12.4. The van der Waals surface area contributed by atoms with Crippen molar-refractivity contribution in [1.29, 1.82) is 0 Å². The predicted molar refractivity (Wildman–Crippen MR) is 71.8 cm³/mol. The molecule has 1 unspecified atom stereocenters. The summed E-state index contributed by atoms with van der Waals surface area (Å²) in [5, 5.41) is 0. The lowest BCUT2D eigenvalue weighted by Gasteiger charge is -2.08. The molecule has 1 heterocycles. The minimum absolute atomic E-state index is 0.547. The zero-order valence-corrected chi connectivity index (χ0v) is 10.6. The van der Waals surface area contributed by atoms with Crippen LogP contribution in [0, 0.1) is 0 Å².